The highest BCUT2D eigenvalue weighted by Gasteiger charge is 2.17. The van der Waals surface area contributed by atoms with Crippen molar-refractivity contribution in [3.63, 3.8) is 0 Å². The number of carbonyl (C=O) groups is 1. The van der Waals surface area contributed by atoms with Crippen molar-refractivity contribution in [2.75, 3.05) is 6.54 Å². The van der Waals surface area contributed by atoms with Gasteiger partial charge in [0.15, 0.2) is 0 Å². The third-order valence-corrected chi connectivity index (χ3v) is 3.05. The minimum absolute atomic E-state index is 0.00519. The monoisotopic (exact) mass is 264 g/mol. The van der Waals surface area contributed by atoms with E-state index in [2.05, 4.69) is 19.2 Å². The molecular formula is C15H24N2O2. The normalized spacial score (nSPS) is 12.5. The van der Waals surface area contributed by atoms with Gasteiger partial charge in [-0.2, -0.15) is 0 Å². The van der Waals surface area contributed by atoms with E-state index in [0.717, 1.165) is 17.5 Å². The Hall–Kier alpha value is -1.39. The number of nitrogens with one attached hydrogen (secondary N) is 1. The van der Waals surface area contributed by atoms with Crippen LogP contribution in [0.3, 0.4) is 0 Å². The van der Waals surface area contributed by atoms with Gasteiger partial charge in [-0.15, -0.1) is 0 Å². The summed E-state index contributed by atoms with van der Waals surface area (Å²) < 4.78 is 0. The van der Waals surface area contributed by atoms with Crippen molar-refractivity contribution >= 4 is 5.91 Å². The SMILES string of the molecule is CC(C)CC(CN)C(=O)NCc1cccc(CO)c1. The van der Waals surface area contributed by atoms with E-state index in [0.29, 0.717) is 19.0 Å². The molecule has 1 atom stereocenters. The zero-order valence-electron chi connectivity index (χ0n) is 11.7. The molecule has 0 saturated heterocycles. The van der Waals surface area contributed by atoms with E-state index in [-0.39, 0.29) is 18.4 Å². The highest BCUT2D eigenvalue weighted by molar-refractivity contribution is 5.78. The molecule has 0 aliphatic rings. The van der Waals surface area contributed by atoms with Gasteiger partial charge in [-0.3, -0.25) is 4.79 Å². The molecule has 0 aliphatic heterocycles. The van der Waals surface area contributed by atoms with E-state index in [4.69, 9.17) is 10.8 Å². The fourth-order valence-electron chi connectivity index (χ4n) is 2.05. The molecular weight excluding hydrogens is 240 g/mol. The fraction of sp³-hybridized carbons (Fsp3) is 0.533. The Morgan fingerprint density at radius 3 is 2.63 bits per heavy atom. The van der Waals surface area contributed by atoms with Gasteiger partial charge >= 0.3 is 0 Å². The van der Waals surface area contributed by atoms with Gasteiger partial charge in [-0.1, -0.05) is 38.1 Å². The van der Waals surface area contributed by atoms with Crippen LogP contribution in [0, 0.1) is 11.8 Å². The largest absolute Gasteiger partial charge is 0.392 e. The predicted octanol–water partition coefficient (Wildman–Crippen LogP) is 1.42. The Bertz CT molecular complexity index is 405. The van der Waals surface area contributed by atoms with Gasteiger partial charge in [-0.05, 0) is 23.5 Å². The first kappa shape index (κ1) is 15.7. The van der Waals surface area contributed by atoms with E-state index in [1.54, 1.807) is 0 Å². The molecule has 4 heteroatoms. The fourth-order valence-corrected chi connectivity index (χ4v) is 2.05. The Labute approximate surface area is 115 Å². The summed E-state index contributed by atoms with van der Waals surface area (Å²) in [4.78, 5) is 12.0. The molecule has 0 heterocycles. The van der Waals surface area contributed by atoms with E-state index in [1.165, 1.54) is 0 Å². The number of hydrogen-bond acceptors (Lipinski definition) is 3. The van der Waals surface area contributed by atoms with E-state index < -0.39 is 0 Å². The summed E-state index contributed by atoms with van der Waals surface area (Å²) in [6, 6.07) is 7.55. The molecule has 0 aliphatic carbocycles. The maximum Gasteiger partial charge on any atom is 0.224 e. The Morgan fingerprint density at radius 1 is 1.37 bits per heavy atom. The van der Waals surface area contributed by atoms with Crippen molar-refractivity contribution < 1.29 is 9.90 Å². The number of nitrogens with two attached hydrogens (primary N) is 1. The Kier molecular flexibility index (Phi) is 6.53. The molecule has 1 amide bonds. The van der Waals surface area contributed by atoms with Gasteiger partial charge in [-0.25, -0.2) is 0 Å². The Balaban J connectivity index is 2.52. The number of hydrogen-bond donors (Lipinski definition) is 3. The lowest BCUT2D eigenvalue weighted by Gasteiger charge is -2.17. The van der Waals surface area contributed by atoms with Crippen LogP contribution in [0.5, 0.6) is 0 Å². The smallest absolute Gasteiger partial charge is 0.224 e. The van der Waals surface area contributed by atoms with Crippen LogP contribution in [0.15, 0.2) is 24.3 Å². The van der Waals surface area contributed by atoms with Gasteiger partial charge in [0.25, 0.3) is 0 Å². The molecule has 0 bridgehead atoms. The molecule has 4 N–H and O–H groups in total. The first-order valence-corrected chi connectivity index (χ1v) is 6.73. The standard InChI is InChI=1S/C15H24N2O2/c1-11(2)6-14(8-16)15(19)17-9-12-4-3-5-13(7-12)10-18/h3-5,7,11,14,18H,6,8-10,16H2,1-2H3,(H,17,19). The van der Waals surface area contributed by atoms with Crippen LogP contribution >= 0.6 is 0 Å². The van der Waals surface area contributed by atoms with Crippen LogP contribution in [0.2, 0.25) is 0 Å². The average molecular weight is 264 g/mol. The minimum Gasteiger partial charge on any atom is -0.392 e. The second-order valence-corrected chi connectivity index (χ2v) is 5.26. The van der Waals surface area contributed by atoms with Crippen LogP contribution in [0.4, 0.5) is 0 Å². The van der Waals surface area contributed by atoms with Crippen molar-refractivity contribution in [2.45, 2.75) is 33.4 Å². The van der Waals surface area contributed by atoms with Crippen molar-refractivity contribution in [1.29, 1.82) is 0 Å². The zero-order chi connectivity index (χ0) is 14.3. The highest BCUT2D eigenvalue weighted by atomic mass is 16.3. The van der Waals surface area contributed by atoms with Gasteiger partial charge < -0.3 is 16.2 Å². The van der Waals surface area contributed by atoms with Crippen LogP contribution in [0.1, 0.15) is 31.4 Å². The lowest BCUT2D eigenvalue weighted by atomic mass is 9.96. The third kappa shape index (κ3) is 5.41. The number of aliphatic hydroxyl groups excluding tert-OH is 1. The number of rotatable bonds is 7. The van der Waals surface area contributed by atoms with Crippen LogP contribution < -0.4 is 11.1 Å². The van der Waals surface area contributed by atoms with Gasteiger partial charge in [0, 0.05) is 13.1 Å². The number of amides is 1. The summed E-state index contributed by atoms with van der Waals surface area (Å²) in [5.41, 5.74) is 7.48. The maximum atomic E-state index is 12.0. The lowest BCUT2D eigenvalue weighted by molar-refractivity contribution is -0.125. The average Bonchev–Trinajstić information content (AvgIpc) is 2.42. The van der Waals surface area contributed by atoms with Crippen LogP contribution in [0.25, 0.3) is 0 Å². The molecule has 4 nitrogen and oxygen atoms in total. The second-order valence-electron chi connectivity index (χ2n) is 5.26. The summed E-state index contributed by atoms with van der Waals surface area (Å²) in [6.07, 6.45) is 0.805. The molecule has 1 unspecified atom stereocenters. The third-order valence-electron chi connectivity index (χ3n) is 3.05. The highest BCUT2D eigenvalue weighted by Crippen LogP contribution is 2.11. The van der Waals surface area contributed by atoms with Crippen molar-refractivity contribution in [1.82, 2.24) is 5.32 Å². The topological polar surface area (TPSA) is 75.4 Å². The van der Waals surface area contributed by atoms with Crippen molar-refractivity contribution in [3.8, 4) is 0 Å². The van der Waals surface area contributed by atoms with E-state index in [9.17, 15) is 4.79 Å². The Morgan fingerprint density at radius 2 is 2.05 bits per heavy atom. The molecule has 0 aromatic heterocycles. The van der Waals surface area contributed by atoms with E-state index >= 15 is 0 Å². The summed E-state index contributed by atoms with van der Waals surface area (Å²) in [7, 11) is 0. The van der Waals surface area contributed by atoms with Crippen LogP contribution in [-0.2, 0) is 17.9 Å². The van der Waals surface area contributed by atoms with Gasteiger partial charge in [0.05, 0.1) is 12.5 Å². The van der Waals surface area contributed by atoms with Crippen molar-refractivity contribution in [3.05, 3.63) is 35.4 Å². The zero-order valence-corrected chi connectivity index (χ0v) is 11.7. The quantitative estimate of drug-likeness (QED) is 0.697. The number of carbonyl (C=O) groups excluding carboxylic acids is 1. The molecule has 1 aromatic rings. The van der Waals surface area contributed by atoms with Gasteiger partial charge in [0.2, 0.25) is 5.91 Å². The first-order chi connectivity index (χ1) is 9.06. The predicted molar refractivity (Wildman–Crippen MR) is 76.2 cm³/mol. The minimum atomic E-state index is -0.124. The van der Waals surface area contributed by atoms with Crippen molar-refractivity contribution in [2.24, 2.45) is 17.6 Å². The lowest BCUT2D eigenvalue weighted by Crippen LogP contribution is -2.35. The summed E-state index contributed by atoms with van der Waals surface area (Å²) in [5.74, 6) is 0.337. The second kappa shape index (κ2) is 7.92. The molecule has 0 radical (unpaired) electrons. The van der Waals surface area contributed by atoms with E-state index in [1.807, 2.05) is 24.3 Å². The molecule has 0 spiro atoms. The number of aliphatic hydroxyl groups is 1. The molecule has 106 valence electrons. The maximum absolute atomic E-state index is 12.0. The number of benzene rings is 1. The molecule has 19 heavy (non-hydrogen) atoms. The molecule has 1 rings (SSSR count). The summed E-state index contributed by atoms with van der Waals surface area (Å²) in [6.45, 7) is 5.03. The molecule has 0 saturated carbocycles. The molecule has 0 fully saturated rings. The van der Waals surface area contributed by atoms with Gasteiger partial charge in [0.1, 0.15) is 0 Å². The first-order valence-electron chi connectivity index (χ1n) is 6.73. The molecule has 1 aromatic carbocycles. The summed E-state index contributed by atoms with van der Waals surface area (Å²) >= 11 is 0. The van der Waals surface area contributed by atoms with Crippen LogP contribution in [-0.4, -0.2) is 17.6 Å². The summed E-state index contributed by atoms with van der Waals surface area (Å²) in [5, 5.41) is 12.0.